The number of Topliss-reactive ketones (excluding diaryl/α,β-unsaturated/α-hetero) is 1. The van der Waals surface area contributed by atoms with E-state index in [0.29, 0.717) is 11.7 Å². The van der Waals surface area contributed by atoms with Crippen LogP contribution in [0.1, 0.15) is 48.0 Å². The number of hydrogen-bond acceptors (Lipinski definition) is 1. The average Bonchev–Trinajstić information content (AvgIpc) is 2.70. The molecule has 0 amide bonds. The van der Waals surface area contributed by atoms with Crippen molar-refractivity contribution in [2.24, 2.45) is 5.92 Å². The molecule has 1 aromatic carbocycles. The number of halogens is 1. The van der Waals surface area contributed by atoms with E-state index in [9.17, 15) is 4.79 Å². The molecule has 1 aliphatic rings. The van der Waals surface area contributed by atoms with Crippen molar-refractivity contribution in [1.29, 1.82) is 0 Å². The summed E-state index contributed by atoms with van der Waals surface area (Å²) >= 11 is 3.48. The molecule has 0 aromatic heterocycles. The second kappa shape index (κ2) is 5.13. The molecule has 1 saturated carbocycles. The lowest BCUT2D eigenvalue weighted by atomic mass is 9.96. The molecule has 2 rings (SSSR count). The molecule has 0 bridgehead atoms. The van der Waals surface area contributed by atoms with Crippen LogP contribution < -0.4 is 0 Å². The first-order valence-corrected chi connectivity index (χ1v) is 6.75. The van der Waals surface area contributed by atoms with Crippen molar-refractivity contribution in [1.82, 2.24) is 0 Å². The number of rotatable bonds is 3. The molecule has 86 valence electrons. The number of benzene rings is 1. The average molecular weight is 281 g/mol. The second-order valence-corrected chi connectivity index (χ2v) is 5.62. The van der Waals surface area contributed by atoms with Crippen molar-refractivity contribution in [3.05, 3.63) is 33.8 Å². The molecule has 1 fully saturated rings. The summed E-state index contributed by atoms with van der Waals surface area (Å²) in [5.41, 5.74) is 2.03. The molecular formula is C14H17BrO. The molecule has 2 heteroatoms. The van der Waals surface area contributed by atoms with Gasteiger partial charge in [-0.05, 0) is 24.5 Å². The Balaban J connectivity index is 2.08. The molecule has 1 aromatic rings. The van der Waals surface area contributed by atoms with Gasteiger partial charge >= 0.3 is 0 Å². The Morgan fingerprint density at radius 3 is 2.69 bits per heavy atom. The normalized spacial score (nSPS) is 16.6. The van der Waals surface area contributed by atoms with Crippen molar-refractivity contribution >= 4 is 21.7 Å². The highest BCUT2D eigenvalue weighted by atomic mass is 79.9. The van der Waals surface area contributed by atoms with Crippen LogP contribution in [0.25, 0.3) is 0 Å². The minimum absolute atomic E-state index is 0.291. The maximum Gasteiger partial charge on any atom is 0.164 e. The first-order chi connectivity index (χ1) is 7.66. The van der Waals surface area contributed by atoms with Crippen LogP contribution in [0.5, 0.6) is 0 Å². The fourth-order valence-electron chi connectivity index (χ4n) is 2.43. The van der Waals surface area contributed by atoms with E-state index in [1.54, 1.807) is 0 Å². The zero-order chi connectivity index (χ0) is 11.5. The number of hydrogen-bond donors (Lipinski definition) is 0. The lowest BCUT2D eigenvalue weighted by Gasteiger charge is -2.09. The summed E-state index contributed by atoms with van der Waals surface area (Å²) in [5.74, 6) is 0.916. The lowest BCUT2D eigenvalue weighted by Crippen LogP contribution is -2.06. The molecule has 0 radical (unpaired) electrons. The van der Waals surface area contributed by atoms with E-state index in [0.717, 1.165) is 16.5 Å². The zero-order valence-electron chi connectivity index (χ0n) is 9.63. The number of carbonyl (C=O) groups excluding carboxylic acids is 1. The van der Waals surface area contributed by atoms with Crippen molar-refractivity contribution in [2.45, 2.75) is 39.0 Å². The Morgan fingerprint density at radius 1 is 1.38 bits per heavy atom. The Labute approximate surface area is 105 Å². The summed E-state index contributed by atoms with van der Waals surface area (Å²) in [7, 11) is 0. The third-order valence-corrected chi connectivity index (χ3v) is 4.03. The van der Waals surface area contributed by atoms with Gasteiger partial charge < -0.3 is 0 Å². The van der Waals surface area contributed by atoms with Gasteiger partial charge in [0.15, 0.2) is 5.78 Å². The molecule has 0 aliphatic heterocycles. The standard InChI is InChI=1S/C14H17BrO/c1-10-6-7-12(13(15)8-10)14(16)9-11-4-2-3-5-11/h6-8,11H,2-5,9H2,1H3. The van der Waals surface area contributed by atoms with Crippen molar-refractivity contribution in [2.75, 3.05) is 0 Å². The number of carbonyl (C=O) groups is 1. The molecule has 16 heavy (non-hydrogen) atoms. The first kappa shape index (κ1) is 11.8. The summed E-state index contributed by atoms with van der Waals surface area (Å²) in [4.78, 5) is 12.1. The topological polar surface area (TPSA) is 17.1 Å². The van der Waals surface area contributed by atoms with E-state index in [4.69, 9.17) is 0 Å². The SMILES string of the molecule is Cc1ccc(C(=O)CC2CCCC2)c(Br)c1. The quantitative estimate of drug-likeness (QED) is 0.744. The first-order valence-electron chi connectivity index (χ1n) is 5.96. The molecule has 0 unspecified atom stereocenters. The van der Waals surface area contributed by atoms with Gasteiger partial charge in [0, 0.05) is 16.5 Å². The minimum atomic E-state index is 0.291. The van der Waals surface area contributed by atoms with Gasteiger partial charge in [-0.2, -0.15) is 0 Å². The van der Waals surface area contributed by atoms with Crippen LogP contribution in [0.15, 0.2) is 22.7 Å². The van der Waals surface area contributed by atoms with Gasteiger partial charge in [0.05, 0.1) is 0 Å². The van der Waals surface area contributed by atoms with Gasteiger partial charge in [-0.1, -0.05) is 53.7 Å². The monoisotopic (exact) mass is 280 g/mol. The summed E-state index contributed by atoms with van der Waals surface area (Å²) in [6, 6.07) is 5.96. The minimum Gasteiger partial charge on any atom is -0.294 e. The Kier molecular flexibility index (Phi) is 3.80. The lowest BCUT2D eigenvalue weighted by molar-refractivity contribution is 0.0961. The van der Waals surface area contributed by atoms with Crippen LogP contribution in [-0.4, -0.2) is 5.78 Å². The third-order valence-electron chi connectivity index (χ3n) is 3.37. The fourth-order valence-corrected chi connectivity index (χ4v) is 3.15. The van der Waals surface area contributed by atoms with Crippen molar-refractivity contribution in [3.8, 4) is 0 Å². The Hall–Kier alpha value is -0.630. The van der Waals surface area contributed by atoms with Crippen molar-refractivity contribution < 1.29 is 4.79 Å². The predicted octanol–water partition coefficient (Wildman–Crippen LogP) is 4.52. The van der Waals surface area contributed by atoms with E-state index in [-0.39, 0.29) is 0 Å². The highest BCUT2D eigenvalue weighted by Crippen LogP contribution is 2.30. The van der Waals surface area contributed by atoms with E-state index >= 15 is 0 Å². The Bertz CT molecular complexity index is 392. The highest BCUT2D eigenvalue weighted by Gasteiger charge is 2.20. The summed E-state index contributed by atoms with van der Waals surface area (Å²) in [6.07, 6.45) is 5.78. The van der Waals surface area contributed by atoms with Crippen LogP contribution in [0, 0.1) is 12.8 Å². The molecule has 0 N–H and O–H groups in total. The fraction of sp³-hybridized carbons (Fsp3) is 0.500. The smallest absolute Gasteiger partial charge is 0.164 e. The molecule has 0 heterocycles. The van der Waals surface area contributed by atoms with Gasteiger partial charge in [0.25, 0.3) is 0 Å². The van der Waals surface area contributed by atoms with Crippen LogP contribution >= 0.6 is 15.9 Å². The summed E-state index contributed by atoms with van der Waals surface area (Å²) in [6.45, 7) is 2.04. The van der Waals surface area contributed by atoms with E-state index in [2.05, 4.69) is 15.9 Å². The largest absolute Gasteiger partial charge is 0.294 e. The van der Waals surface area contributed by atoms with Gasteiger partial charge in [-0.3, -0.25) is 4.79 Å². The maximum absolute atomic E-state index is 12.1. The van der Waals surface area contributed by atoms with Crippen LogP contribution in [-0.2, 0) is 0 Å². The predicted molar refractivity (Wildman–Crippen MR) is 69.8 cm³/mol. The van der Waals surface area contributed by atoms with E-state index in [1.165, 1.54) is 31.2 Å². The number of ketones is 1. The third kappa shape index (κ3) is 2.73. The molecule has 1 aliphatic carbocycles. The second-order valence-electron chi connectivity index (χ2n) is 4.76. The summed E-state index contributed by atoms with van der Waals surface area (Å²) < 4.78 is 0.940. The van der Waals surface area contributed by atoms with Gasteiger partial charge in [-0.25, -0.2) is 0 Å². The van der Waals surface area contributed by atoms with Gasteiger partial charge in [0.2, 0.25) is 0 Å². The molecule has 0 spiro atoms. The highest BCUT2D eigenvalue weighted by molar-refractivity contribution is 9.10. The van der Waals surface area contributed by atoms with E-state index < -0.39 is 0 Å². The van der Waals surface area contributed by atoms with Gasteiger partial charge in [0.1, 0.15) is 0 Å². The Morgan fingerprint density at radius 2 is 2.06 bits per heavy atom. The summed E-state index contributed by atoms with van der Waals surface area (Å²) in [5, 5.41) is 0. The van der Waals surface area contributed by atoms with Gasteiger partial charge in [-0.15, -0.1) is 0 Å². The zero-order valence-corrected chi connectivity index (χ0v) is 11.2. The number of aryl methyl sites for hydroxylation is 1. The van der Waals surface area contributed by atoms with Crippen molar-refractivity contribution in [3.63, 3.8) is 0 Å². The molecule has 1 nitrogen and oxygen atoms in total. The molecular weight excluding hydrogens is 264 g/mol. The van der Waals surface area contributed by atoms with E-state index in [1.807, 2.05) is 25.1 Å². The van der Waals surface area contributed by atoms with Crippen LogP contribution in [0.3, 0.4) is 0 Å². The molecule has 0 saturated heterocycles. The maximum atomic E-state index is 12.1. The molecule has 0 atom stereocenters. The van der Waals surface area contributed by atoms with Crippen LogP contribution in [0.2, 0.25) is 0 Å². The van der Waals surface area contributed by atoms with Crippen LogP contribution in [0.4, 0.5) is 0 Å².